The molecule has 0 bridgehead atoms. The number of halogens is 3. The van der Waals surface area contributed by atoms with Crippen molar-refractivity contribution in [2.75, 3.05) is 32.2 Å². The van der Waals surface area contributed by atoms with Crippen LogP contribution in [-0.2, 0) is 17.7 Å². The van der Waals surface area contributed by atoms with E-state index in [1.54, 1.807) is 25.6 Å². The summed E-state index contributed by atoms with van der Waals surface area (Å²) in [5, 5.41) is 5.90. The lowest BCUT2D eigenvalue weighted by Crippen LogP contribution is -2.29. The van der Waals surface area contributed by atoms with Crippen LogP contribution in [0.5, 0.6) is 17.2 Å². The molecule has 2 N–H and O–H groups in total. The molecular formula is C36H30ClF2N5O5S. The van der Waals surface area contributed by atoms with Gasteiger partial charge in [-0.3, -0.25) is 24.1 Å². The van der Waals surface area contributed by atoms with Gasteiger partial charge in [0.2, 0.25) is 0 Å². The Morgan fingerprint density at radius 3 is 2.64 bits per heavy atom. The van der Waals surface area contributed by atoms with Crippen LogP contribution in [0.25, 0.3) is 26.5 Å². The molecule has 1 aliphatic heterocycles. The maximum atomic E-state index is 15.4. The van der Waals surface area contributed by atoms with Crippen LogP contribution in [0.1, 0.15) is 21.5 Å². The third-order valence-corrected chi connectivity index (χ3v) is 9.02. The van der Waals surface area contributed by atoms with E-state index in [0.29, 0.717) is 48.7 Å². The van der Waals surface area contributed by atoms with Crippen molar-refractivity contribution < 1.29 is 27.8 Å². The molecule has 1 aliphatic rings. The monoisotopic (exact) mass is 717 g/mol. The van der Waals surface area contributed by atoms with Gasteiger partial charge in [-0.2, -0.15) is 0 Å². The van der Waals surface area contributed by atoms with E-state index in [1.165, 1.54) is 52.3 Å². The number of rotatable bonds is 11. The zero-order valence-corrected chi connectivity index (χ0v) is 28.2. The van der Waals surface area contributed by atoms with Crippen molar-refractivity contribution in [3.05, 3.63) is 124 Å². The predicted molar refractivity (Wildman–Crippen MR) is 189 cm³/mol. The van der Waals surface area contributed by atoms with Gasteiger partial charge in [0.15, 0.2) is 11.6 Å². The number of thiophene rings is 1. The minimum Gasteiger partial charge on any atom is -0.492 e. The number of pyridine rings is 3. The normalized spacial score (nSPS) is 11.9. The second-order valence-corrected chi connectivity index (χ2v) is 12.2. The molecule has 5 heterocycles. The highest BCUT2D eigenvalue weighted by molar-refractivity contribution is 7.22. The van der Waals surface area contributed by atoms with E-state index in [1.807, 2.05) is 24.4 Å². The number of methoxy groups -OCH3 is 1. The van der Waals surface area contributed by atoms with E-state index in [4.69, 9.17) is 14.2 Å². The van der Waals surface area contributed by atoms with Crippen LogP contribution in [0.4, 0.5) is 14.5 Å². The Hall–Kier alpha value is -5.21. The average molecular weight is 718 g/mol. The third-order valence-electron chi connectivity index (χ3n) is 7.86. The van der Waals surface area contributed by atoms with Gasteiger partial charge in [0.05, 0.1) is 34.0 Å². The molecule has 0 fully saturated rings. The van der Waals surface area contributed by atoms with Crippen molar-refractivity contribution in [1.29, 1.82) is 0 Å². The zero-order valence-electron chi connectivity index (χ0n) is 26.6. The lowest BCUT2D eigenvalue weighted by atomic mass is 10.1. The molecule has 0 unspecified atom stereocenters. The van der Waals surface area contributed by atoms with Gasteiger partial charge in [-0.1, -0.05) is 6.07 Å². The van der Waals surface area contributed by atoms with Gasteiger partial charge in [-0.05, 0) is 54.1 Å². The standard InChI is InChI=1S/C36H29F2N5O5S.ClH/c1-46-15-13-39-18-21-2-8-27(41-19-21)31-17-28-34(49-31)30(10-12-40-28)48-29-9-5-24(16-26(29)38)42-35(44)32-33-22(11-14-47-33)20-43(36(32)45)25-6-3-23(37)4-7-25;/h2-10,12,16-17,19-20,39H,11,13-15,18H2,1H3,(H,42,44);1H. The first-order chi connectivity index (χ1) is 23.9. The highest BCUT2D eigenvalue weighted by Crippen LogP contribution is 2.39. The number of nitrogens with one attached hydrogen (secondary N) is 2. The van der Waals surface area contributed by atoms with Crippen molar-refractivity contribution in [1.82, 2.24) is 19.9 Å². The molecule has 2 aromatic carbocycles. The SMILES string of the molecule is COCCNCc1ccc(-c2cc3nccc(Oc4ccc(NC(=O)c5c6c(cn(-c7ccc(F)cc7)c5=O)CCO6)cc4F)c3s2)nc1.Cl. The molecule has 256 valence electrons. The molecule has 0 radical (unpaired) electrons. The minimum absolute atomic E-state index is 0. The Balaban J connectivity index is 0.00000432. The number of amides is 1. The van der Waals surface area contributed by atoms with Crippen molar-refractivity contribution in [2.45, 2.75) is 13.0 Å². The lowest BCUT2D eigenvalue weighted by molar-refractivity contribution is 0.102. The molecule has 4 aromatic heterocycles. The Morgan fingerprint density at radius 2 is 1.88 bits per heavy atom. The van der Waals surface area contributed by atoms with E-state index < -0.39 is 23.1 Å². The van der Waals surface area contributed by atoms with Crippen LogP contribution in [0.15, 0.2) is 90.1 Å². The number of ether oxygens (including phenoxy) is 3. The topological polar surface area (TPSA) is 117 Å². The maximum absolute atomic E-state index is 15.4. The summed E-state index contributed by atoms with van der Waals surface area (Å²) in [5.74, 6) is -1.42. The predicted octanol–water partition coefficient (Wildman–Crippen LogP) is 6.92. The molecule has 0 atom stereocenters. The molecule has 0 saturated heterocycles. The van der Waals surface area contributed by atoms with Crippen molar-refractivity contribution >= 4 is 45.6 Å². The fourth-order valence-corrected chi connectivity index (χ4v) is 6.47. The van der Waals surface area contributed by atoms with Gasteiger partial charge in [0.1, 0.15) is 22.9 Å². The Labute approximate surface area is 295 Å². The number of nitrogens with zero attached hydrogens (tertiary/aromatic N) is 3. The molecule has 1 amide bonds. The van der Waals surface area contributed by atoms with Crippen LogP contribution in [0.2, 0.25) is 0 Å². The fraction of sp³-hybridized carbons (Fsp3) is 0.167. The van der Waals surface area contributed by atoms with Gasteiger partial charge in [-0.15, -0.1) is 23.7 Å². The van der Waals surface area contributed by atoms with Gasteiger partial charge in [0, 0.05) is 74.3 Å². The number of carbonyl (C=O) groups excluding carboxylic acids is 1. The van der Waals surface area contributed by atoms with Crippen LogP contribution in [0.3, 0.4) is 0 Å². The van der Waals surface area contributed by atoms with Gasteiger partial charge in [-0.25, -0.2) is 8.78 Å². The summed E-state index contributed by atoms with van der Waals surface area (Å²) in [4.78, 5) is 36.8. The maximum Gasteiger partial charge on any atom is 0.271 e. The van der Waals surface area contributed by atoms with E-state index in [-0.39, 0.29) is 35.2 Å². The minimum atomic E-state index is -0.765. The number of benzene rings is 2. The van der Waals surface area contributed by atoms with E-state index >= 15 is 4.39 Å². The average Bonchev–Trinajstić information content (AvgIpc) is 3.76. The van der Waals surface area contributed by atoms with Gasteiger partial charge < -0.3 is 24.8 Å². The summed E-state index contributed by atoms with van der Waals surface area (Å²) in [6.45, 7) is 2.35. The Bertz CT molecular complexity index is 2230. The zero-order chi connectivity index (χ0) is 33.9. The van der Waals surface area contributed by atoms with Gasteiger partial charge in [0.25, 0.3) is 11.5 Å². The summed E-state index contributed by atoms with van der Waals surface area (Å²) >= 11 is 1.43. The van der Waals surface area contributed by atoms with E-state index in [9.17, 15) is 14.0 Å². The van der Waals surface area contributed by atoms with Crippen molar-refractivity contribution in [3.8, 4) is 33.5 Å². The highest BCUT2D eigenvalue weighted by Gasteiger charge is 2.27. The first-order valence-electron chi connectivity index (χ1n) is 15.4. The second kappa shape index (κ2) is 15.1. The number of hydrogen-bond acceptors (Lipinski definition) is 9. The summed E-state index contributed by atoms with van der Waals surface area (Å²) in [5.41, 5.74) is 2.78. The number of aromatic nitrogens is 3. The molecule has 14 heteroatoms. The summed E-state index contributed by atoms with van der Waals surface area (Å²) in [6, 6.07) is 16.9. The lowest BCUT2D eigenvalue weighted by Gasteiger charge is -2.14. The molecule has 0 spiro atoms. The van der Waals surface area contributed by atoms with E-state index in [0.717, 1.165) is 33.4 Å². The van der Waals surface area contributed by atoms with E-state index in [2.05, 4.69) is 20.6 Å². The van der Waals surface area contributed by atoms with Crippen LogP contribution >= 0.6 is 23.7 Å². The smallest absolute Gasteiger partial charge is 0.271 e. The Kier molecular flexibility index (Phi) is 10.5. The van der Waals surface area contributed by atoms with Gasteiger partial charge >= 0.3 is 0 Å². The largest absolute Gasteiger partial charge is 0.492 e. The number of anilines is 1. The third kappa shape index (κ3) is 7.21. The Morgan fingerprint density at radius 1 is 1.04 bits per heavy atom. The molecule has 7 rings (SSSR count). The summed E-state index contributed by atoms with van der Waals surface area (Å²) in [6.07, 6.45) is 5.48. The highest BCUT2D eigenvalue weighted by atomic mass is 35.5. The summed E-state index contributed by atoms with van der Waals surface area (Å²) < 4.78 is 47.6. The molecule has 6 aromatic rings. The molecule has 50 heavy (non-hydrogen) atoms. The number of carbonyl (C=O) groups is 1. The van der Waals surface area contributed by atoms with Crippen molar-refractivity contribution in [3.63, 3.8) is 0 Å². The quantitative estimate of drug-likeness (QED) is 0.139. The molecule has 10 nitrogen and oxygen atoms in total. The van der Waals surface area contributed by atoms with Crippen molar-refractivity contribution in [2.24, 2.45) is 0 Å². The fourth-order valence-electron chi connectivity index (χ4n) is 5.43. The summed E-state index contributed by atoms with van der Waals surface area (Å²) in [7, 11) is 1.66. The van der Waals surface area contributed by atoms with Crippen LogP contribution in [-0.4, -0.2) is 47.3 Å². The number of hydrogen-bond donors (Lipinski definition) is 2. The first-order valence-corrected chi connectivity index (χ1v) is 16.2. The number of fused-ring (bicyclic) bond motifs is 2. The molecular weight excluding hydrogens is 688 g/mol. The van der Waals surface area contributed by atoms with Crippen LogP contribution < -0.4 is 25.7 Å². The molecule has 0 saturated carbocycles. The second-order valence-electron chi connectivity index (χ2n) is 11.2. The first kappa shape index (κ1) is 34.6. The van der Waals surface area contributed by atoms with Crippen LogP contribution in [0, 0.1) is 11.6 Å². The molecule has 0 aliphatic carbocycles.